The zero-order chi connectivity index (χ0) is 12.0. The quantitative estimate of drug-likeness (QED) is 0.739. The van der Waals surface area contributed by atoms with E-state index in [9.17, 15) is 9.90 Å². The second-order valence-corrected chi connectivity index (χ2v) is 4.43. The molecule has 0 amide bonds. The maximum absolute atomic E-state index is 10.3. The van der Waals surface area contributed by atoms with Crippen molar-refractivity contribution in [2.75, 3.05) is 6.54 Å². The second-order valence-electron chi connectivity index (χ2n) is 3.51. The lowest BCUT2D eigenvalue weighted by atomic mass is 10.2. The van der Waals surface area contributed by atoms with Crippen LogP contribution in [0.5, 0.6) is 0 Å². The second kappa shape index (κ2) is 6.62. The summed E-state index contributed by atoms with van der Waals surface area (Å²) in [6, 6.07) is 7.79. The predicted molar refractivity (Wildman–Crippen MR) is 64.1 cm³/mol. The molecule has 0 radical (unpaired) electrons. The SMILES string of the molecule is O=C(O)CC(O)CNCc1cccc(Br)c1. The van der Waals surface area contributed by atoms with Gasteiger partial charge in [0.1, 0.15) is 0 Å². The van der Waals surface area contributed by atoms with Crippen LogP contribution in [0.1, 0.15) is 12.0 Å². The summed E-state index contributed by atoms with van der Waals surface area (Å²) < 4.78 is 0.998. The van der Waals surface area contributed by atoms with Gasteiger partial charge in [-0.25, -0.2) is 0 Å². The van der Waals surface area contributed by atoms with E-state index in [1.807, 2.05) is 24.3 Å². The Balaban J connectivity index is 2.27. The highest BCUT2D eigenvalue weighted by Crippen LogP contribution is 2.11. The van der Waals surface area contributed by atoms with Gasteiger partial charge in [0.15, 0.2) is 0 Å². The fourth-order valence-electron chi connectivity index (χ4n) is 1.30. The van der Waals surface area contributed by atoms with Crippen LogP contribution in [-0.4, -0.2) is 28.8 Å². The number of carbonyl (C=O) groups is 1. The van der Waals surface area contributed by atoms with Crippen LogP contribution in [0.25, 0.3) is 0 Å². The lowest BCUT2D eigenvalue weighted by Gasteiger charge is -2.09. The molecule has 1 aromatic carbocycles. The fourth-order valence-corrected chi connectivity index (χ4v) is 1.75. The van der Waals surface area contributed by atoms with Crippen molar-refractivity contribution in [3.05, 3.63) is 34.3 Å². The predicted octanol–water partition coefficient (Wildman–Crippen LogP) is 1.37. The molecule has 0 aliphatic carbocycles. The Morgan fingerprint density at radius 3 is 2.88 bits per heavy atom. The summed E-state index contributed by atoms with van der Waals surface area (Å²) in [5.41, 5.74) is 1.08. The summed E-state index contributed by atoms with van der Waals surface area (Å²) in [7, 11) is 0. The van der Waals surface area contributed by atoms with E-state index in [0.29, 0.717) is 6.54 Å². The summed E-state index contributed by atoms with van der Waals surface area (Å²) in [6.45, 7) is 0.884. The van der Waals surface area contributed by atoms with Crippen LogP contribution in [0.3, 0.4) is 0 Å². The number of halogens is 1. The van der Waals surface area contributed by atoms with Gasteiger partial charge in [0.2, 0.25) is 0 Å². The van der Waals surface area contributed by atoms with Crippen molar-refractivity contribution in [2.45, 2.75) is 19.1 Å². The summed E-state index contributed by atoms with van der Waals surface area (Å²) in [5.74, 6) is -0.989. The molecule has 0 spiro atoms. The smallest absolute Gasteiger partial charge is 0.306 e. The number of carboxylic acids is 1. The zero-order valence-corrected chi connectivity index (χ0v) is 10.3. The average Bonchev–Trinajstić information content (AvgIpc) is 2.16. The molecule has 4 nitrogen and oxygen atoms in total. The van der Waals surface area contributed by atoms with E-state index in [1.54, 1.807) is 0 Å². The van der Waals surface area contributed by atoms with Gasteiger partial charge in [0.05, 0.1) is 12.5 Å². The number of aliphatic hydroxyl groups excluding tert-OH is 1. The maximum Gasteiger partial charge on any atom is 0.306 e. The molecule has 0 aromatic heterocycles. The largest absolute Gasteiger partial charge is 0.481 e. The topological polar surface area (TPSA) is 69.6 Å². The van der Waals surface area contributed by atoms with E-state index in [4.69, 9.17) is 5.11 Å². The Bertz CT molecular complexity index is 357. The van der Waals surface area contributed by atoms with E-state index in [0.717, 1.165) is 10.0 Å². The van der Waals surface area contributed by atoms with Crippen molar-refractivity contribution in [2.24, 2.45) is 0 Å². The highest BCUT2D eigenvalue weighted by Gasteiger charge is 2.08. The molecule has 0 heterocycles. The molecule has 0 bridgehead atoms. The highest BCUT2D eigenvalue weighted by atomic mass is 79.9. The average molecular weight is 288 g/mol. The normalized spacial score (nSPS) is 12.4. The summed E-state index contributed by atoms with van der Waals surface area (Å²) in [4.78, 5) is 10.3. The first kappa shape index (κ1) is 13.2. The van der Waals surface area contributed by atoms with Crippen LogP contribution < -0.4 is 5.32 Å². The first-order valence-electron chi connectivity index (χ1n) is 4.93. The lowest BCUT2D eigenvalue weighted by molar-refractivity contribution is -0.139. The number of hydrogen-bond donors (Lipinski definition) is 3. The van der Waals surface area contributed by atoms with Gasteiger partial charge in [-0.05, 0) is 17.7 Å². The van der Waals surface area contributed by atoms with E-state index in [1.165, 1.54) is 0 Å². The van der Waals surface area contributed by atoms with E-state index < -0.39 is 12.1 Å². The minimum absolute atomic E-state index is 0.231. The summed E-state index contributed by atoms with van der Waals surface area (Å²) >= 11 is 3.36. The molecular weight excluding hydrogens is 274 g/mol. The number of aliphatic carboxylic acids is 1. The number of carboxylic acid groups (broad SMARTS) is 1. The standard InChI is InChI=1S/C11H14BrNO3/c12-9-3-1-2-8(4-9)6-13-7-10(14)5-11(15)16/h1-4,10,13-14H,5-7H2,(H,15,16). The molecule has 16 heavy (non-hydrogen) atoms. The van der Waals surface area contributed by atoms with E-state index in [2.05, 4.69) is 21.2 Å². The Labute approximate surface area is 102 Å². The minimum atomic E-state index is -0.989. The molecule has 0 saturated carbocycles. The monoisotopic (exact) mass is 287 g/mol. The van der Waals surface area contributed by atoms with Gasteiger partial charge >= 0.3 is 5.97 Å². The third-order valence-corrected chi connectivity index (χ3v) is 2.50. The molecule has 0 aliphatic heterocycles. The number of nitrogens with one attached hydrogen (secondary N) is 1. The van der Waals surface area contributed by atoms with Gasteiger partial charge in [-0.15, -0.1) is 0 Å². The van der Waals surface area contributed by atoms with Crippen LogP contribution in [-0.2, 0) is 11.3 Å². The third-order valence-electron chi connectivity index (χ3n) is 2.01. The Hall–Kier alpha value is -0.910. The van der Waals surface area contributed by atoms with E-state index >= 15 is 0 Å². The van der Waals surface area contributed by atoms with Gasteiger partial charge < -0.3 is 15.5 Å². The van der Waals surface area contributed by atoms with Gasteiger partial charge in [0, 0.05) is 17.6 Å². The number of hydrogen-bond acceptors (Lipinski definition) is 3. The highest BCUT2D eigenvalue weighted by molar-refractivity contribution is 9.10. The minimum Gasteiger partial charge on any atom is -0.481 e. The third kappa shape index (κ3) is 5.25. The van der Waals surface area contributed by atoms with Crippen LogP contribution in [0.4, 0.5) is 0 Å². The molecular formula is C11H14BrNO3. The van der Waals surface area contributed by atoms with Gasteiger partial charge in [0.25, 0.3) is 0 Å². The van der Waals surface area contributed by atoms with Crippen LogP contribution >= 0.6 is 15.9 Å². The van der Waals surface area contributed by atoms with E-state index in [-0.39, 0.29) is 13.0 Å². The molecule has 0 saturated heterocycles. The van der Waals surface area contributed by atoms with Crippen molar-refractivity contribution in [1.82, 2.24) is 5.32 Å². The summed E-state index contributed by atoms with van der Waals surface area (Å²) in [6.07, 6.45) is -1.07. The first-order valence-corrected chi connectivity index (χ1v) is 5.72. The Kier molecular flexibility index (Phi) is 5.45. The van der Waals surface area contributed by atoms with Crippen molar-refractivity contribution < 1.29 is 15.0 Å². The van der Waals surface area contributed by atoms with Crippen LogP contribution in [0.2, 0.25) is 0 Å². The molecule has 1 rings (SSSR count). The van der Waals surface area contributed by atoms with Crippen molar-refractivity contribution in [3.8, 4) is 0 Å². The van der Waals surface area contributed by atoms with Gasteiger partial charge in [-0.2, -0.15) is 0 Å². The van der Waals surface area contributed by atoms with Gasteiger partial charge in [-0.1, -0.05) is 28.1 Å². The lowest BCUT2D eigenvalue weighted by Crippen LogP contribution is -2.28. The molecule has 0 aliphatic rings. The Morgan fingerprint density at radius 2 is 2.25 bits per heavy atom. The van der Waals surface area contributed by atoms with Crippen molar-refractivity contribution in [1.29, 1.82) is 0 Å². The zero-order valence-electron chi connectivity index (χ0n) is 8.69. The molecule has 0 fully saturated rings. The molecule has 1 atom stereocenters. The molecule has 1 unspecified atom stereocenters. The molecule has 5 heteroatoms. The molecule has 88 valence electrons. The number of benzene rings is 1. The van der Waals surface area contributed by atoms with Gasteiger partial charge in [-0.3, -0.25) is 4.79 Å². The number of rotatable bonds is 6. The van der Waals surface area contributed by atoms with Crippen LogP contribution in [0, 0.1) is 0 Å². The Morgan fingerprint density at radius 1 is 1.50 bits per heavy atom. The molecule has 3 N–H and O–H groups in total. The first-order chi connectivity index (χ1) is 7.58. The summed E-state index contributed by atoms with van der Waals surface area (Å²) in [5, 5.41) is 20.7. The molecule has 1 aromatic rings. The van der Waals surface area contributed by atoms with Crippen molar-refractivity contribution in [3.63, 3.8) is 0 Å². The van der Waals surface area contributed by atoms with Crippen molar-refractivity contribution >= 4 is 21.9 Å². The van der Waals surface area contributed by atoms with Crippen LogP contribution in [0.15, 0.2) is 28.7 Å². The number of aliphatic hydroxyl groups is 1. The maximum atomic E-state index is 10.3. The fraction of sp³-hybridized carbons (Fsp3) is 0.364.